The molecule has 3 aromatic rings. The number of amides is 1. The van der Waals surface area contributed by atoms with Crippen molar-refractivity contribution in [3.63, 3.8) is 0 Å². The lowest BCUT2D eigenvalue weighted by Crippen LogP contribution is -2.48. The Balaban J connectivity index is 1.84. The lowest BCUT2D eigenvalue weighted by atomic mass is 9.82. The Morgan fingerprint density at radius 2 is 1.97 bits per heavy atom. The van der Waals surface area contributed by atoms with E-state index in [4.69, 9.17) is 15.8 Å². The van der Waals surface area contributed by atoms with E-state index in [1.54, 1.807) is 30.3 Å². The van der Waals surface area contributed by atoms with Crippen LogP contribution in [0.2, 0.25) is 5.02 Å². The molecule has 1 saturated heterocycles. The molecule has 2 unspecified atom stereocenters. The van der Waals surface area contributed by atoms with Gasteiger partial charge in [0.1, 0.15) is 11.9 Å². The van der Waals surface area contributed by atoms with Crippen molar-refractivity contribution < 1.29 is 26.9 Å². The number of aromatic nitrogens is 2. The Bertz CT molecular complexity index is 1430. The first-order valence-corrected chi connectivity index (χ1v) is 13.2. The Morgan fingerprint density at radius 3 is 2.64 bits per heavy atom. The number of rotatable bonds is 7. The average molecular weight is 536 g/mol. The van der Waals surface area contributed by atoms with Gasteiger partial charge in [-0.25, -0.2) is 4.39 Å². The Morgan fingerprint density at radius 1 is 1.25 bits per heavy atom. The number of nitrogens with zero attached hydrogens (tertiary/aromatic N) is 2. The highest BCUT2D eigenvalue weighted by molar-refractivity contribution is 7.86. The first kappa shape index (κ1) is 25.8. The molecule has 0 bridgehead atoms. The van der Waals surface area contributed by atoms with E-state index >= 15 is 0 Å². The summed E-state index contributed by atoms with van der Waals surface area (Å²) >= 11 is 6.06. The monoisotopic (exact) mass is 535 g/mol. The van der Waals surface area contributed by atoms with Gasteiger partial charge in [0.2, 0.25) is 0 Å². The van der Waals surface area contributed by atoms with Gasteiger partial charge in [0.05, 0.1) is 18.5 Å². The quantitative estimate of drug-likeness (QED) is 0.445. The zero-order valence-electron chi connectivity index (χ0n) is 19.1. The first-order chi connectivity index (χ1) is 17.0. The molecule has 36 heavy (non-hydrogen) atoms. The van der Waals surface area contributed by atoms with Crippen LogP contribution in [0.25, 0.3) is 0 Å². The van der Waals surface area contributed by atoms with E-state index in [-0.39, 0.29) is 6.54 Å². The van der Waals surface area contributed by atoms with Crippen molar-refractivity contribution in [1.82, 2.24) is 15.1 Å². The van der Waals surface area contributed by atoms with Crippen LogP contribution in [0.1, 0.15) is 40.4 Å². The van der Waals surface area contributed by atoms with Crippen LogP contribution in [-0.2, 0) is 14.3 Å². The molecule has 2 heterocycles. The number of benzene rings is 2. The van der Waals surface area contributed by atoms with Crippen molar-refractivity contribution >= 4 is 27.6 Å². The number of carbonyl (C=O) groups excluding carboxylic acids is 1. The molecule has 0 spiro atoms. The largest absolute Gasteiger partial charge is 0.503 e. The molecule has 9 nitrogen and oxygen atoms in total. The van der Waals surface area contributed by atoms with E-state index in [0.717, 1.165) is 12.5 Å². The number of likely N-dealkylation sites (tertiary alicyclic amines) is 1. The highest BCUT2D eigenvalue weighted by atomic mass is 35.5. The highest BCUT2D eigenvalue weighted by Gasteiger charge is 2.43. The number of hydrogen-bond donors (Lipinski definition) is 2. The molecule has 4 rings (SSSR count). The average Bonchev–Trinajstić information content (AvgIpc) is 3.30. The summed E-state index contributed by atoms with van der Waals surface area (Å²) in [7, 11) is -4.05. The predicted molar refractivity (Wildman–Crippen MR) is 130 cm³/mol. The van der Waals surface area contributed by atoms with Gasteiger partial charge < -0.3 is 10.0 Å². The molecule has 2 aromatic carbocycles. The van der Waals surface area contributed by atoms with Gasteiger partial charge in [-0.15, -0.1) is 0 Å². The van der Waals surface area contributed by atoms with E-state index in [9.17, 15) is 27.5 Å². The van der Waals surface area contributed by atoms with Gasteiger partial charge >= 0.3 is 0 Å². The van der Waals surface area contributed by atoms with Crippen LogP contribution in [0, 0.1) is 5.82 Å². The maximum Gasteiger partial charge on any atom is 0.278 e. The summed E-state index contributed by atoms with van der Waals surface area (Å²) in [5.74, 6) is -2.81. The maximum absolute atomic E-state index is 14.3. The van der Waals surface area contributed by atoms with Crippen molar-refractivity contribution in [2.75, 3.05) is 12.8 Å². The second kappa shape index (κ2) is 10.4. The van der Waals surface area contributed by atoms with Crippen molar-refractivity contribution in [2.45, 2.75) is 30.9 Å². The first-order valence-electron chi connectivity index (χ1n) is 11.0. The van der Waals surface area contributed by atoms with Crippen LogP contribution in [0.5, 0.6) is 5.75 Å². The molecule has 1 aliphatic rings. The number of carbonyl (C=O) groups is 1. The molecular weight excluding hydrogens is 513 g/mol. The second-order valence-corrected chi connectivity index (χ2v) is 10.5. The minimum Gasteiger partial charge on any atom is -0.503 e. The van der Waals surface area contributed by atoms with Crippen molar-refractivity contribution in [2.24, 2.45) is 0 Å². The van der Waals surface area contributed by atoms with Gasteiger partial charge in [-0.3, -0.25) is 18.9 Å². The standard InChI is InChI=1S/C24H23ClFN3O6S/c1-36(33,34)35-23(18-6-3-11-29(18)24(32)21-22(31)19(30)13-27-28-21)20(14-7-9-16(25)10-8-14)15-4-2-5-17(26)12-15/h2,4-5,7-10,12-13,18,20,23H,3,6,11H2,1H3,(H,27,31)(H,28,30)/t18-,20?,23?/m1/s1. The molecule has 2 N–H and O–H groups in total. The molecule has 0 saturated carbocycles. The molecular formula is C24H23ClFN3O6S. The number of H-pyrrole nitrogens is 1. The summed E-state index contributed by atoms with van der Waals surface area (Å²) in [6.45, 7) is 0.195. The van der Waals surface area contributed by atoms with Gasteiger partial charge in [-0.05, 0) is 48.2 Å². The van der Waals surface area contributed by atoms with E-state index < -0.39 is 56.8 Å². The molecule has 1 aromatic heterocycles. The zero-order chi connectivity index (χ0) is 26.0. The number of halogens is 2. The highest BCUT2D eigenvalue weighted by Crippen LogP contribution is 2.38. The van der Waals surface area contributed by atoms with Crippen molar-refractivity contribution in [1.29, 1.82) is 0 Å². The van der Waals surface area contributed by atoms with Crippen molar-refractivity contribution in [3.05, 3.63) is 92.6 Å². The molecule has 0 radical (unpaired) electrons. The van der Waals surface area contributed by atoms with Crippen molar-refractivity contribution in [3.8, 4) is 5.75 Å². The molecule has 190 valence electrons. The minimum atomic E-state index is -4.05. The molecule has 1 fully saturated rings. The Labute approximate surface area is 211 Å². The molecule has 3 atom stereocenters. The number of nitrogens with one attached hydrogen (secondary N) is 1. The van der Waals surface area contributed by atoms with Gasteiger partial charge in [0, 0.05) is 17.5 Å². The normalized spacial score (nSPS) is 17.6. The van der Waals surface area contributed by atoms with Gasteiger partial charge in [-0.1, -0.05) is 35.9 Å². The summed E-state index contributed by atoms with van der Waals surface area (Å²) in [6, 6.07) is 11.5. The zero-order valence-corrected chi connectivity index (χ0v) is 20.7. The van der Waals surface area contributed by atoms with Crippen LogP contribution >= 0.6 is 11.6 Å². The molecule has 1 aliphatic heterocycles. The fourth-order valence-corrected chi connectivity index (χ4v) is 5.32. The van der Waals surface area contributed by atoms with E-state index in [2.05, 4.69) is 10.2 Å². The molecule has 0 aliphatic carbocycles. The third-order valence-electron chi connectivity index (χ3n) is 6.02. The number of aromatic hydroxyl groups is 1. The minimum absolute atomic E-state index is 0.195. The third kappa shape index (κ3) is 5.58. The van der Waals surface area contributed by atoms with Crippen LogP contribution in [0.3, 0.4) is 0 Å². The summed E-state index contributed by atoms with van der Waals surface area (Å²) in [5, 5.41) is 16.2. The molecule has 12 heteroatoms. The summed E-state index contributed by atoms with van der Waals surface area (Å²) in [5.41, 5.74) is -0.469. The summed E-state index contributed by atoms with van der Waals surface area (Å²) in [4.78, 5) is 27.0. The fourth-order valence-electron chi connectivity index (χ4n) is 4.55. The second-order valence-electron chi connectivity index (χ2n) is 8.51. The lowest BCUT2D eigenvalue weighted by Gasteiger charge is -2.36. The van der Waals surface area contributed by atoms with Gasteiger partial charge in [-0.2, -0.15) is 13.5 Å². The Hall–Kier alpha value is -3.28. The van der Waals surface area contributed by atoms with E-state index in [1.165, 1.54) is 23.1 Å². The lowest BCUT2D eigenvalue weighted by molar-refractivity contribution is 0.0528. The van der Waals surface area contributed by atoms with E-state index in [1.807, 2.05) is 0 Å². The summed E-state index contributed by atoms with van der Waals surface area (Å²) in [6.07, 6.45) is 1.52. The smallest absolute Gasteiger partial charge is 0.278 e. The fraction of sp³-hybridized carbons (Fsp3) is 0.292. The van der Waals surface area contributed by atoms with Crippen LogP contribution in [0.4, 0.5) is 4.39 Å². The van der Waals surface area contributed by atoms with Crippen LogP contribution in [-0.4, -0.2) is 59.5 Å². The van der Waals surface area contributed by atoms with E-state index in [0.29, 0.717) is 29.0 Å². The molecule has 1 amide bonds. The number of aromatic amines is 1. The summed E-state index contributed by atoms with van der Waals surface area (Å²) < 4.78 is 44.7. The van der Waals surface area contributed by atoms with Gasteiger partial charge in [0.15, 0.2) is 11.4 Å². The van der Waals surface area contributed by atoms with Crippen LogP contribution in [0.15, 0.2) is 59.5 Å². The van der Waals surface area contributed by atoms with Gasteiger partial charge in [0.25, 0.3) is 21.5 Å². The predicted octanol–water partition coefficient (Wildman–Crippen LogP) is 3.05. The number of hydrogen-bond acceptors (Lipinski definition) is 7. The third-order valence-corrected chi connectivity index (χ3v) is 6.84. The topological polar surface area (TPSA) is 130 Å². The Kier molecular flexibility index (Phi) is 7.43. The SMILES string of the molecule is CS(=O)(=O)OC(C(c1ccc(Cl)cc1)c1cccc(F)c1)[C@H]1CCCN1C(=O)c1n[nH]cc(O)c1=O. The maximum atomic E-state index is 14.3. The van der Waals surface area contributed by atoms with Crippen LogP contribution < -0.4 is 5.43 Å².